The number of hydrogen-bond acceptors (Lipinski definition) is 3. The van der Waals surface area contributed by atoms with Gasteiger partial charge in [-0.2, -0.15) is 5.10 Å². The molecule has 3 unspecified atom stereocenters. The zero-order valence-electron chi connectivity index (χ0n) is 10.6. The highest BCUT2D eigenvalue weighted by Crippen LogP contribution is 2.44. The molecule has 100 valence electrons. The number of aromatic amines is 1. The number of H-pyrrole nitrogens is 1. The second-order valence-electron chi connectivity index (χ2n) is 5.74. The summed E-state index contributed by atoms with van der Waals surface area (Å²) in [5.74, 6) is 2.09. The van der Waals surface area contributed by atoms with Crippen LogP contribution in [0.1, 0.15) is 18.7 Å². The Hall–Kier alpha value is -1.85. The van der Waals surface area contributed by atoms with Crippen LogP contribution in [0.4, 0.5) is 0 Å². The van der Waals surface area contributed by atoms with E-state index in [0.717, 1.165) is 12.8 Å². The molecule has 1 saturated carbocycles. The predicted octanol–water partition coefficient (Wildman–Crippen LogP) is 0.126. The van der Waals surface area contributed by atoms with E-state index in [1.165, 1.54) is 0 Å². The molecule has 1 aromatic heterocycles. The Labute approximate surface area is 110 Å². The quantitative estimate of drug-likeness (QED) is 0.729. The van der Waals surface area contributed by atoms with E-state index in [9.17, 15) is 9.59 Å². The van der Waals surface area contributed by atoms with Crippen LogP contribution in [0, 0.1) is 17.8 Å². The first-order valence-corrected chi connectivity index (χ1v) is 6.83. The Balaban J connectivity index is 1.53. The molecule has 0 aromatic carbocycles. The first-order valence-electron chi connectivity index (χ1n) is 6.83. The number of nitrogens with zero attached hydrogens (tertiary/aromatic N) is 3. The fraction of sp³-hybridized carbons (Fsp3) is 0.615. The Bertz CT molecular complexity index is 614. The molecule has 1 aliphatic heterocycles. The zero-order chi connectivity index (χ0) is 13.0. The van der Waals surface area contributed by atoms with Crippen molar-refractivity contribution in [1.82, 2.24) is 19.7 Å². The summed E-state index contributed by atoms with van der Waals surface area (Å²) >= 11 is 0. The lowest BCUT2D eigenvalue weighted by Crippen LogP contribution is -2.44. The van der Waals surface area contributed by atoms with E-state index in [0.29, 0.717) is 37.3 Å². The molecule has 2 aliphatic carbocycles. The van der Waals surface area contributed by atoms with Crippen molar-refractivity contribution in [1.29, 1.82) is 0 Å². The van der Waals surface area contributed by atoms with Gasteiger partial charge in [0.25, 0.3) is 0 Å². The van der Waals surface area contributed by atoms with Crippen molar-refractivity contribution in [2.45, 2.75) is 25.9 Å². The molecule has 0 radical (unpaired) electrons. The van der Waals surface area contributed by atoms with Gasteiger partial charge in [0, 0.05) is 19.0 Å². The molecule has 0 spiro atoms. The number of rotatable bonds is 1. The van der Waals surface area contributed by atoms with Crippen LogP contribution >= 0.6 is 0 Å². The van der Waals surface area contributed by atoms with Gasteiger partial charge in [0.15, 0.2) is 5.82 Å². The van der Waals surface area contributed by atoms with Gasteiger partial charge in [-0.25, -0.2) is 9.89 Å². The maximum absolute atomic E-state index is 12.6. The van der Waals surface area contributed by atoms with Crippen LogP contribution in [-0.2, 0) is 17.9 Å². The van der Waals surface area contributed by atoms with E-state index in [1.807, 2.05) is 4.90 Å². The van der Waals surface area contributed by atoms with Gasteiger partial charge in [0.05, 0.1) is 6.54 Å². The van der Waals surface area contributed by atoms with Crippen molar-refractivity contribution in [3.8, 4) is 0 Å². The van der Waals surface area contributed by atoms with Gasteiger partial charge < -0.3 is 4.90 Å². The molecule has 3 atom stereocenters. The molecular formula is C13H16N4O2. The van der Waals surface area contributed by atoms with E-state index in [1.54, 1.807) is 4.57 Å². The average Bonchev–Trinajstić information content (AvgIpc) is 3.13. The SMILES string of the molecule is O=C(C1CC2C=CC1C2)N1CCn2c(n[nH]c2=O)C1. The molecule has 1 N–H and O–H groups in total. The van der Waals surface area contributed by atoms with Gasteiger partial charge in [-0.1, -0.05) is 12.2 Å². The van der Waals surface area contributed by atoms with E-state index in [-0.39, 0.29) is 17.5 Å². The molecular weight excluding hydrogens is 244 g/mol. The molecule has 2 bridgehead atoms. The lowest BCUT2D eigenvalue weighted by atomic mass is 9.92. The third kappa shape index (κ3) is 1.59. The van der Waals surface area contributed by atoms with Crippen molar-refractivity contribution in [3.05, 3.63) is 28.5 Å². The number of aromatic nitrogens is 3. The number of carbonyl (C=O) groups is 1. The van der Waals surface area contributed by atoms with Crippen molar-refractivity contribution in [3.63, 3.8) is 0 Å². The molecule has 4 rings (SSSR count). The fourth-order valence-corrected chi connectivity index (χ4v) is 3.66. The maximum atomic E-state index is 12.6. The van der Waals surface area contributed by atoms with Gasteiger partial charge in [-0.05, 0) is 24.7 Å². The summed E-state index contributed by atoms with van der Waals surface area (Å²) in [5.41, 5.74) is -0.176. The average molecular weight is 260 g/mol. The van der Waals surface area contributed by atoms with Crippen LogP contribution in [0.3, 0.4) is 0 Å². The van der Waals surface area contributed by atoms with Crippen LogP contribution in [0.15, 0.2) is 16.9 Å². The van der Waals surface area contributed by atoms with E-state index in [2.05, 4.69) is 22.3 Å². The molecule has 1 aromatic rings. The van der Waals surface area contributed by atoms with Crippen LogP contribution < -0.4 is 5.69 Å². The summed E-state index contributed by atoms with van der Waals surface area (Å²) in [6, 6.07) is 0. The number of nitrogens with one attached hydrogen (secondary N) is 1. The Morgan fingerprint density at radius 2 is 2.21 bits per heavy atom. The minimum atomic E-state index is -0.176. The highest BCUT2D eigenvalue weighted by atomic mass is 16.2. The van der Waals surface area contributed by atoms with Gasteiger partial charge >= 0.3 is 5.69 Å². The fourth-order valence-electron chi connectivity index (χ4n) is 3.66. The summed E-state index contributed by atoms with van der Waals surface area (Å²) < 4.78 is 1.62. The predicted molar refractivity (Wildman–Crippen MR) is 67.1 cm³/mol. The first-order chi connectivity index (χ1) is 9.22. The summed E-state index contributed by atoms with van der Waals surface area (Å²) in [6.45, 7) is 1.62. The molecule has 0 saturated heterocycles. The zero-order valence-corrected chi connectivity index (χ0v) is 10.6. The molecule has 6 nitrogen and oxygen atoms in total. The largest absolute Gasteiger partial charge is 0.343 e. The van der Waals surface area contributed by atoms with E-state index < -0.39 is 0 Å². The lowest BCUT2D eigenvalue weighted by molar-refractivity contribution is -0.137. The standard InChI is InChI=1S/C13H16N4O2/c18-12(10-6-8-1-2-9(10)5-8)16-3-4-17-11(7-16)14-15-13(17)19/h1-2,8-10H,3-7H2,(H,15,19). The van der Waals surface area contributed by atoms with E-state index in [4.69, 9.17) is 0 Å². The third-order valence-electron chi connectivity index (χ3n) is 4.67. The van der Waals surface area contributed by atoms with Gasteiger partial charge in [-0.15, -0.1) is 0 Å². The summed E-state index contributed by atoms with van der Waals surface area (Å²) in [6.07, 6.45) is 6.57. The van der Waals surface area contributed by atoms with Gasteiger partial charge in [0.2, 0.25) is 5.91 Å². The Kier molecular flexibility index (Phi) is 2.22. The van der Waals surface area contributed by atoms with Crippen molar-refractivity contribution in [2.24, 2.45) is 17.8 Å². The normalized spacial score (nSPS) is 31.8. The Morgan fingerprint density at radius 1 is 1.32 bits per heavy atom. The monoisotopic (exact) mass is 260 g/mol. The number of fused-ring (bicyclic) bond motifs is 3. The van der Waals surface area contributed by atoms with Crippen LogP contribution in [0.25, 0.3) is 0 Å². The third-order valence-corrected chi connectivity index (χ3v) is 4.67. The maximum Gasteiger partial charge on any atom is 0.343 e. The second kappa shape index (κ2) is 3.82. The van der Waals surface area contributed by atoms with Crippen molar-refractivity contribution < 1.29 is 4.79 Å². The minimum absolute atomic E-state index is 0.146. The molecule has 6 heteroatoms. The Morgan fingerprint density at radius 3 is 2.95 bits per heavy atom. The first kappa shape index (κ1) is 11.0. The lowest BCUT2D eigenvalue weighted by Gasteiger charge is -2.30. The number of carbonyl (C=O) groups excluding carboxylic acids is 1. The van der Waals surface area contributed by atoms with Crippen LogP contribution in [-0.4, -0.2) is 32.1 Å². The molecule has 3 aliphatic rings. The van der Waals surface area contributed by atoms with Crippen molar-refractivity contribution in [2.75, 3.05) is 6.54 Å². The highest BCUT2D eigenvalue weighted by molar-refractivity contribution is 5.80. The molecule has 1 fully saturated rings. The number of allylic oxidation sites excluding steroid dienone is 2. The summed E-state index contributed by atoms with van der Waals surface area (Å²) in [4.78, 5) is 25.9. The van der Waals surface area contributed by atoms with Crippen LogP contribution in [0.2, 0.25) is 0 Å². The molecule has 19 heavy (non-hydrogen) atoms. The molecule has 2 heterocycles. The molecule has 1 amide bonds. The summed E-state index contributed by atoms with van der Waals surface area (Å²) in [5, 5.41) is 6.42. The number of hydrogen-bond donors (Lipinski definition) is 1. The van der Waals surface area contributed by atoms with E-state index >= 15 is 0 Å². The van der Waals surface area contributed by atoms with Crippen molar-refractivity contribution >= 4 is 5.91 Å². The van der Waals surface area contributed by atoms with Crippen LogP contribution in [0.5, 0.6) is 0 Å². The topological polar surface area (TPSA) is 71.0 Å². The van der Waals surface area contributed by atoms with Gasteiger partial charge in [0.1, 0.15) is 0 Å². The van der Waals surface area contributed by atoms with Gasteiger partial charge in [-0.3, -0.25) is 9.36 Å². The second-order valence-corrected chi connectivity index (χ2v) is 5.74. The summed E-state index contributed by atoms with van der Waals surface area (Å²) in [7, 11) is 0. The minimum Gasteiger partial charge on any atom is -0.333 e. The smallest absolute Gasteiger partial charge is 0.333 e. The highest BCUT2D eigenvalue weighted by Gasteiger charge is 2.42. The number of amides is 1.